The Morgan fingerprint density at radius 3 is 2.44 bits per heavy atom. The number of halogens is 1. The molecule has 8 atom stereocenters. The third-order valence-electron chi connectivity index (χ3n) is 13.1. The Labute approximate surface area is 339 Å². The van der Waals surface area contributed by atoms with Crippen LogP contribution in [-0.2, 0) is 35.6 Å². The minimum absolute atomic E-state index is 0.0800. The molecule has 1 unspecified atom stereocenters. The van der Waals surface area contributed by atoms with Gasteiger partial charge in [-0.2, -0.15) is 0 Å². The minimum atomic E-state index is -3.80. The molecule has 57 heavy (non-hydrogen) atoms. The second kappa shape index (κ2) is 16.8. The molecule has 2 aromatic rings. The van der Waals surface area contributed by atoms with Crippen molar-refractivity contribution >= 4 is 56.3 Å². The van der Waals surface area contributed by atoms with E-state index in [2.05, 4.69) is 15.4 Å². The Morgan fingerprint density at radius 2 is 1.65 bits per heavy atom. The number of nitrogens with zero attached hydrogens (tertiary/aromatic N) is 2. The maximum Gasteiger partial charge on any atom is 0.408 e. The van der Waals surface area contributed by atoms with E-state index in [1.165, 1.54) is 4.90 Å². The van der Waals surface area contributed by atoms with Gasteiger partial charge in [0.15, 0.2) is 0 Å². The third kappa shape index (κ3) is 8.91. The van der Waals surface area contributed by atoms with Crippen LogP contribution >= 0.6 is 11.6 Å². The average Bonchev–Trinajstić information content (AvgIpc) is 3.45. The number of carbonyl (C=O) groups excluding carboxylic acids is 4. The summed E-state index contributed by atoms with van der Waals surface area (Å²) >= 11 is 6.39. The lowest BCUT2D eigenvalue weighted by molar-refractivity contribution is -0.141. The number of aromatic nitrogens is 1. The van der Waals surface area contributed by atoms with Gasteiger partial charge in [-0.3, -0.25) is 19.1 Å². The van der Waals surface area contributed by atoms with Gasteiger partial charge in [-0.05, 0) is 106 Å². The van der Waals surface area contributed by atoms with Crippen molar-refractivity contribution < 1.29 is 37.1 Å². The van der Waals surface area contributed by atoms with Crippen molar-refractivity contribution in [2.75, 3.05) is 6.54 Å². The summed E-state index contributed by atoms with van der Waals surface area (Å²) in [5.74, 6) is -2.03. The maximum atomic E-state index is 14.9. The largest absolute Gasteiger partial charge is 0.487 e. The molecule has 1 aromatic carbocycles. The van der Waals surface area contributed by atoms with E-state index in [0.717, 1.165) is 87.2 Å². The molecule has 3 N–H and O–H groups in total. The van der Waals surface area contributed by atoms with Crippen LogP contribution < -0.4 is 20.1 Å². The molecular formula is C42H54ClN5O8S. The van der Waals surface area contributed by atoms with E-state index >= 15 is 0 Å². The summed E-state index contributed by atoms with van der Waals surface area (Å²) in [7, 11) is -3.80. The first-order chi connectivity index (χ1) is 27.4. The Bertz CT molecular complexity index is 2020. The molecule has 13 nitrogen and oxygen atoms in total. The Kier molecular flexibility index (Phi) is 11.7. The van der Waals surface area contributed by atoms with E-state index in [4.69, 9.17) is 26.1 Å². The van der Waals surface area contributed by atoms with Crippen molar-refractivity contribution in [2.45, 2.75) is 139 Å². The lowest BCUT2D eigenvalue weighted by atomic mass is 9.95. The van der Waals surface area contributed by atoms with Gasteiger partial charge in [-0.1, -0.05) is 56.4 Å². The van der Waals surface area contributed by atoms with Gasteiger partial charge in [0.1, 0.15) is 30.0 Å². The summed E-state index contributed by atoms with van der Waals surface area (Å²) in [5.41, 5.74) is 1.60. The SMILES string of the molecule is C[C@H]1C=C[C@H](C(=O)NS(=O)(=O)C2CC2)C1NC(=O)[C@@H]1C[C@@H]2CN1C(=O)[C@H](C1CCCC1)NC(=O)O[C@H]1CCC[C@@H]1CCCCCc1nc3ccc(Cl)cc3cc1O2. The minimum Gasteiger partial charge on any atom is -0.487 e. The fraction of sp³-hybridized carbons (Fsp3) is 0.643. The number of carbonyl (C=O) groups is 4. The smallest absolute Gasteiger partial charge is 0.408 e. The molecule has 3 saturated carbocycles. The zero-order valence-corrected chi connectivity index (χ0v) is 34.1. The summed E-state index contributed by atoms with van der Waals surface area (Å²) in [5, 5.41) is 6.82. The number of rotatable bonds is 6. The second-order valence-corrected chi connectivity index (χ2v) is 19.6. The lowest BCUT2D eigenvalue weighted by Crippen LogP contribution is -2.57. The van der Waals surface area contributed by atoms with E-state index in [9.17, 15) is 27.6 Å². The summed E-state index contributed by atoms with van der Waals surface area (Å²) < 4.78 is 40.4. The molecule has 4 amide bonds. The number of amides is 4. The van der Waals surface area contributed by atoms with Crippen molar-refractivity contribution in [1.29, 1.82) is 0 Å². The van der Waals surface area contributed by atoms with Gasteiger partial charge >= 0.3 is 6.09 Å². The molecule has 0 spiro atoms. The first kappa shape index (κ1) is 39.9. The maximum absolute atomic E-state index is 14.9. The van der Waals surface area contributed by atoms with Crippen molar-refractivity contribution in [3.63, 3.8) is 0 Å². The summed E-state index contributed by atoms with van der Waals surface area (Å²) in [4.78, 5) is 62.9. The van der Waals surface area contributed by atoms with Crippen LogP contribution in [0.2, 0.25) is 5.02 Å². The van der Waals surface area contributed by atoms with Gasteiger partial charge in [-0.25, -0.2) is 18.2 Å². The number of alkyl carbamates (subject to hydrolysis) is 1. The third-order valence-corrected chi connectivity index (χ3v) is 15.2. The molecule has 1 saturated heterocycles. The number of aryl methyl sites for hydroxylation is 1. The normalized spacial score (nSPS) is 31.4. The molecule has 4 fully saturated rings. The van der Waals surface area contributed by atoms with Crippen LogP contribution in [0.15, 0.2) is 36.4 Å². The van der Waals surface area contributed by atoms with Crippen LogP contribution in [0, 0.1) is 23.7 Å². The van der Waals surface area contributed by atoms with Crippen LogP contribution in [0.25, 0.3) is 10.9 Å². The van der Waals surface area contributed by atoms with Gasteiger partial charge < -0.3 is 25.0 Å². The van der Waals surface area contributed by atoms with Crippen molar-refractivity contribution in [3.8, 4) is 5.75 Å². The molecule has 2 aliphatic heterocycles. The molecule has 4 aliphatic carbocycles. The van der Waals surface area contributed by atoms with Crippen LogP contribution in [0.4, 0.5) is 4.79 Å². The van der Waals surface area contributed by atoms with Gasteiger partial charge in [-0.15, -0.1) is 0 Å². The van der Waals surface area contributed by atoms with Gasteiger partial charge in [0.25, 0.3) is 0 Å². The highest BCUT2D eigenvalue weighted by Gasteiger charge is 2.48. The monoisotopic (exact) mass is 823 g/mol. The zero-order chi connectivity index (χ0) is 39.8. The average molecular weight is 824 g/mol. The number of hydrogen-bond acceptors (Lipinski definition) is 9. The number of fused-ring (bicyclic) bond motifs is 5. The van der Waals surface area contributed by atoms with E-state index < -0.39 is 63.3 Å². The highest BCUT2D eigenvalue weighted by atomic mass is 35.5. The predicted octanol–water partition coefficient (Wildman–Crippen LogP) is 5.72. The van der Waals surface area contributed by atoms with Crippen LogP contribution in [-0.4, -0.2) is 84.2 Å². The van der Waals surface area contributed by atoms with E-state index in [1.54, 1.807) is 12.2 Å². The second-order valence-electron chi connectivity index (χ2n) is 17.2. The fourth-order valence-corrected chi connectivity index (χ4v) is 11.3. The Morgan fingerprint density at radius 1 is 0.895 bits per heavy atom. The summed E-state index contributed by atoms with van der Waals surface area (Å²) in [6.07, 6.45) is 13.8. The van der Waals surface area contributed by atoms with E-state index in [-0.39, 0.29) is 42.7 Å². The molecule has 1 aromatic heterocycles. The number of ether oxygens (including phenoxy) is 2. The molecule has 3 heterocycles. The molecule has 2 bridgehead atoms. The predicted molar refractivity (Wildman–Crippen MR) is 214 cm³/mol. The van der Waals surface area contributed by atoms with E-state index in [0.29, 0.717) is 30.0 Å². The molecular weight excluding hydrogens is 770 g/mol. The molecule has 308 valence electrons. The van der Waals surface area contributed by atoms with Gasteiger partial charge in [0, 0.05) is 22.9 Å². The molecule has 0 radical (unpaired) electrons. The summed E-state index contributed by atoms with van der Waals surface area (Å²) in [6.45, 7) is 1.93. The molecule has 8 rings (SSSR count). The van der Waals surface area contributed by atoms with Gasteiger partial charge in [0.2, 0.25) is 27.7 Å². The quantitative estimate of drug-likeness (QED) is 0.308. The summed E-state index contributed by atoms with van der Waals surface area (Å²) in [6, 6.07) is 4.86. The van der Waals surface area contributed by atoms with Gasteiger partial charge in [0.05, 0.1) is 28.9 Å². The number of hydrogen-bond donors (Lipinski definition) is 3. The highest BCUT2D eigenvalue weighted by molar-refractivity contribution is 7.90. The van der Waals surface area contributed by atoms with Crippen LogP contribution in [0.5, 0.6) is 5.75 Å². The number of benzene rings is 1. The first-order valence-corrected chi connectivity index (χ1v) is 22.9. The Balaban J connectivity index is 1.10. The molecule has 15 heteroatoms. The van der Waals surface area contributed by atoms with Crippen LogP contribution in [0.1, 0.15) is 103 Å². The standard InChI is InChI=1S/C42H54ClN5O8S/c1-24-14-18-31(39(49)47-57(53,54)30-16-17-30)37(24)45-40(50)34-22-29-23-48(34)41(51)38(26-9-5-6-10-26)46-42(52)56-35-13-7-11-25(35)8-3-2-4-12-33-36(55-29)21-27-20-28(43)15-19-32(27)44-33/h14-15,18-21,24-26,29-31,34-35,37-38H,2-13,16-17,22-23H2,1H3,(H,45,50)(H,46,52)(H,47,49)/t24-,25-,29+,31-,34-,35-,37?,38-/m0/s1. The first-order valence-electron chi connectivity index (χ1n) is 21.0. The van der Waals surface area contributed by atoms with Crippen LogP contribution in [0.3, 0.4) is 0 Å². The van der Waals surface area contributed by atoms with E-state index in [1.807, 2.05) is 31.2 Å². The zero-order valence-electron chi connectivity index (χ0n) is 32.5. The van der Waals surface area contributed by atoms with Crippen molar-refractivity contribution in [3.05, 3.63) is 47.1 Å². The Hall–Kier alpha value is -3.91. The number of pyridine rings is 1. The van der Waals surface area contributed by atoms with Crippen molar-refractivity contribution in [1.82, 2.24) is 25.2 Å². The number of nitrogens with one attached hydrogen (secondary N) is 3. The topological polar surface area (TPSA) is 173 Å². The number of sulfonamides is 1. The molecule has 6 aliphatic rings. The highest BCUT2D eigenvalue weighted by Crippen LogP contribution is 2.36. The fourth-order valence-electron chi connectivity index (χ4n) is 9.78. The van der Waals surface area contributed by atoms with Crippen molar-refractivity contribution in [2.24, 2.45) is 23.7 Å². The lowest BCUT2D eigenvalue weighted by Gasteiger charge is -2.33.